The zero-order valence-corrected chi connectivity index (χ0v) is 17.7. The number of aryl methyl sites for hydroxylation is 2. The third kappa shape index (κ3) is 4.49. The van der Waals surface area contributed by atoms with Crippen LogP contribution in [0.2, 0.25) is 0 Å². The lowest BCUT2D eigenvalue weighted by molar-refractivity contribution is 0.0935. The fourth-order valence-corrected chi connectivity index (χ4v) is 3.36. The first-order valence-electron chi connectivity index (χ1n) is 10.1. The summed E-state index contributed by atoms with van der Waals surface area (Å²) in [6.45, 7) is 4.14. The fourth-order valence-electron chi connectivity index (χ4n) is 3.36. The number of halogens is 1. The Kier molecular flexibility index (Phi) is 5.93. The van der Waals surface area contributed by atoms with E-state index in [0.717, 1.165) is 16.7 Å². The highest BCUT2D eigenvalue weighted by atomic mass is 19.1. The van der Waals surface area contributed by atoms with E-state index in [9.17, 15) is 14.0 Å². The minimum atomic E-state index is -0.377. The van der Waals surface area contributed by atoms with Crippen LogP contribution in [0.25, 0.3) is 5.65 Å². The number of amides is 2. The predicted octanol–water partition coefficient (Wildman–Crippen LogP) is 3.35. The number of aromatic nitrogens is 3. The van der Waals surface area contributed by atoms with E-state index in [0.29, 0.717) is 23.4 Å². The van der Waals surface area contributed by atoms with Crippen molar-refractivity contribution in [2.45, 2.75) is 26.9 Å². The van der Waals surface area contributed by atoms with Gasteiger partial charge in [-0.1, -0.05) is 18.2 Å². The molecule has 32 heavy (non-hydrogen) atoms. The van der Waals surface area contributed by atoms with E-state index in [-0.39, 0.29) is 29.9 Å². The van der Waals surface area contributed by atoms with E-state index in [2.05, 4.69) is 20.6 Å². The lowest BCUT2D eigenvalue weighted by Gasteiger charge is -2.08. The van der Waals surface area contributed by atoms with Crippen molar-refractivity contribution in [3.63, 3.8) is 0 Å². The van der Waals surface area contributed by atoms with Crippen LogP contribution in [-0.4, -0.2) is 26.2 Å². The average Bonchev–Trinajstić information content (AvgIpc) is 3.25. The second kappa shape index (κ2) is 8.97. The molecule has 0 aliphatic carbocycles. The molecule has 0 radical (unpaired) electrons. The second-order valence-corrected chi connectivity index (χ2v) is 7.53. The number of hydrogen-bond acceptors (Lipinski definition) is 4. The Morgan fingerprint density at radius 1 is 0.906 bits per heavy atom. The summed E-state index contributed by atoms with van der Waals surface area (Å²) in [5.74, 6) is -0.943. The summed E-state index contributed by atoms with van der Waals surface area (Å²) in [4.78, 5) is 33.8. The normalized spacial score (nSPS) is 10.8. The topological polar surface area (TPSA) is 88.4 Å². The molecule has 3 heterocycles. The van der Waals surface area contributed by atoms with Crippen LogP contribution >= 0.6 is 0 Å². The van der Waals surface area contributed by atoms with Gasteiger partial charge in [0, 0.05) is 31.7 Å². The standard InChI is InChI=1S/C24H22FN5O2/c1-15-3-6-21(24(32)28-12-17-7-9-26-10-8-17)30-14-20(29-22(15)30)23(31)27-13-18-4-5-19(25)16(2)11-18/h3-11,14H,12-13H2,1-2H3,(H,27,31)(H,28,32). The van der Waals surface area contributed by atoms with E-state index in [1.54, 1.807) is 54.2 Å². The third-order valence-electron chi connectivity index (χ3n) is 5.15. The molecule has 0 saturated heterocycles. The van der Waals surface area contributed by atoms with E-state index in [1.165, 1.54) is 6.07 Å². The highest BCUT2D eigenvalue weighted by Gasteiger charge is 2.17. The molecule has 0 aliphatic rings. The van der Waals surface area contributed by atoms with Crippen LogP contribution in [0.3, 0.4) is 0 Å². The number of nitrogens with zero attached hydrogens (tertiary/aromatic N) is 3. The Morgan fingerprint density at radius 2 is 1.62 bits per heavy atom. The summed E-state index contributed by atoms with van der Waals surface area (Å²) in [6, 6.07) is 11.8. The SMILES string of the molecule is Cc1cc(CNC(=O)c2cn3c(C(=O)NCc4ccncc4)ccc(C)c3n2)ccc1F. The molecule has 3 aromatic heterocycles. The van der Waals surface area contributed by atoms with Crippen LogP contribution in [0.5, 0.6) is 0 Å². The summed E-state index contributed by atoms with van der Waals surface area (Å²) >= 11 is 0. The quantitative estimate of drug-likeness (QED) is 0.490. The maximum Gasteiger partial charge on any atom is 0.271 e. The number of fused-ring (bicyclic) bond motifs is 1. The zero-order valence-electron chi connectivity index (χ0n) is 17.7. The maximum absolute atomic E-state index is 13.4. The molecule has 0 fully saturated rings. The van der Waals surface area contributed by atoms with E-state index in [1.807, 2.05) is 19.1 Å². The predicted molar refractivity (Wildman–Crippen MR) is 118 cm³/mol. The molecule has 162 valence electrons. The average molecular weight is 431 g/mol. The van der Waals surface area contributed by atoms with Crippen LogP contribution in [0.15, 0.2) is 61.1 Å². The minimum Gasteiger partial charge on any atom is -0.347 e. The van der Waals surface area contributed by atoms with E-state index in [4.69, 9.17) is 0 Å². The first-order valence-corrected chi connectivity index (χ1v) is 10.1. The van der Waals surface area contributed by atoms with Gasteiger partial charge in [0.15, 0.2) is 0 Å². The van der Waals surface area contributed by atoms with Gasteiger partial charge in [-0.2, -0.15) is 0 Å². The first-order chi connectivity index (χ1) is 15.4. The van der Waals surface area contributed by atoms with Crippen molar-refractivity contribution in [1.82, 2.24) is 25.0 Å². The fraction of sp³-hybridized carbons (Fsp3) is 0.167. The molecule has 0 atom stereocenters. The summed E-state index contributed by atoms with van der Waals surface area (Å²) < 4.78 is 15.1. The molecule has 0 saturated carbocycles. The van der Waals surface area contributed by atoms with Crippen LogP contribution < -0.4 is 10.6 Å². The number of hydrogen-bond donors (Lipinski definition) is 2. The molecule has 7 nitrogen and oxygen atoms in total. The highest BCUT2D eigenvalue weighted by Crippen LogP contribution is 2.15. The molecule has 0 spiro atoms. The van der Waals surface area contributed by atoms with Gasteiger partial charge in [-0.25, -0.2) is 9.37 Å². The molecular formula is C24H22FN5O2. The van der Waals surface area contributed by atoms with Gasteiger partial charge in [0.1, 0.15) is 22.9 Å². The largest absolute Gasteiger partial charge is 0.347 e. The summed E-state index contributed by atoms with van der Waals surface area (Å²) in [5, 5.41) is 5.67. The van der Waals surface area contributed by atoms with Gasteiger partial charge in [-0.3, -0.25) is 19.0 Å². The van der Waals surface area contributed by atoms with Gasteiger partial charge < -0.3 is 10.6 Å². The number of carbonyl (C=O) groups is 2. The summed E-state index contributed by atoms with van der Waals surface area (Å²) in [7, 11) is 0. The van der Waals surface area contributed by atoms with Crippen LogP contribution in [-0.2, 0) is 13.1 Å². The third-order valence-corrected chi connectivity index (χ3v) is 5.15. The molecule has 2 amide bonds. The summed E-state index contributed by atoms with van der Waals surface area (Å²) in [5.41, 5.74) is 4.17. The van der Waals surface area contributed by atoms with Crippen LogP contribution in [0.4, 0.5) is 4.39 Å². The van der Waals surface area contributed by atoms with Gasteiger partial charge in [0.2, 0.25) is 0 Å². The molecule has 8 heteroatoms. The Balaban J connectivity index is 1.52. The number of benzene rings is 1. The van der Waals surface area contributed by atoms with Crippen LogP contribution in [0.1, 0.15) is 43.2 Å². The zero-order chi connectivity index (χ0) is 22.7. The molecule has 1 aromatic carbocycles. The second-order valence-electron chi connectivity index (χ2n) is 7.53. The van der Waals surface area contributed by atoms with Gasteiger partial charge in [0.05, 0.1) is 0 Å². The molecule has 2 N–H and O–H groups in total. The van der Waals surface area contributed by atoms with Crippen molar-refractivity contribution in [3.8, 4) is 0 Å². The van der Waals surface area contributed by atoms with Crippen molar-refractivity contribution in [2.75, 3.05) is 0 Å². The van der Waals surface area contributed by atoms with Crippen molar-refractivity contribution in [1.29, 1.82) is 0 Å². The van der Waals surface area contributed by atoms with Crippen molar-refractivity contribution >= 4 is 17.5 Å². The number of nitrogens with one attached hydrogen (secondary N) is 2. The van der Waals surface area contributed by atoms with E-state index < -0.39 is 0 Å². The maximum atomic E-state index is 13.4. The van der Waals surface area contributed by atoms with Gasteiger partial charge >= 0.3 is 0 Å². The lowest BCUT2D eigenvalue weighted by Crippen LogP contribution is -2.25. The Bertz CT molecular complexity index is 1300. The van der Waals surface area contributed by atoms with Crippen LogP contribution in [0, 0.1) is 19.7 Å². The Labute approximate surface area is 184 Å². The van der Waals surface area contributed by atoms with Gasteiger partial charge in [-0.05, 0) is 60.4 Å². The smallest absolute Gasteiger partial charge is 0.271 e. The van der Waals surface area contributed by atoms with E-state index >= 15 is 0 Å². The number of pyridine rings is 2. The van der Waals surface area contributed by atoms with Crippen molar-refractivity contribution in [3.05, 3.63) is 101 Å². The van der Waals surface area contributed by atoms with Crippen molar-refractivity contribution < 1.29 is 14.0 Å². The molecule has 0 unspecified atom stereocenters. The molecule has 0 bridgehead atoms. The minimum absolute atomic E-state index is 0.196. The molecule has 4 aromatic rings. The molecule has 0 aliphatic heterocycles. The first kappa shape index (κ1) is 21.2. The molecular weight excluding hydrogens is 409 g/mol. The summed E-state index contributed by atoms with van der Waals surface area (Å²) in [6.07, 6.45) is 4.88. The van der Waals surface area contributed by atoms with Gasteiger partial charge in [0.25, 0.3) is 11.8 Å². The molecule has 4 rings (SSSR count). The van der Waals surface area contributed by atoms with Gasteiger partial charge in [-0.15, -0.1) is 0 Å². The highest BCUT2D eigenvalue weighted by molar-refractivity contribution is 5.95. The number of imidazole rings is 1. The number of carbonyl (C=O) groups excluding carboxylic acids is 2. The number of rotatable bonds is 6. The Hall–Kier alpha value is -4.07. The Morgan fingerprint density at radius 3 is 2.38 bits per heavy atom. The lowest BCUT2D eigenvalue weighted by atomic mass is 10.1. The monoisotopic (exact) mass is 431 g/mol. The van der Waals surface area contributed by atoms with Crippen molar-refractivity contribution in [2.24, 2.45) is 0 Å².